The van der Waals surface area contributed by atoms with Crippen LogP contribution < -0.4 is 10.1 Å². The molecule has 1 heterocycles. The van der Waals surface area contributed by atoms with Gasteiger partial charge in [-0.2, -0.15) is 0 Å². The highest BCUT2D eigenvalue weighted by Gasteiger charge is 2.12. The lowest BCUT2D eigenvalue weighted by molar-refractivity contribution is 0.403. The van der Waals surface area contributed by atoms with E-state index >= 15 is 0 Å². The van der Waals surface area contributed by atoms with Crippen molar-refractivity contribution in [3.8, 4) is 5.75 Å². The van der Waals surface area contributed by atoms with Gasteiger partial charge in [0, 0.05) is 24.5 Å². The van der Waals surface area contributed by atoms with Crippen LogP contribution in [0.1, 0.15) is 36.3 Å². The zero-order valence-electron chi connectivity index (χ0n) is 11.7. The smallest absolute Gasteiger partial charge is 0.123 e. The number of nitrogens with zero attached hydrogens (tertiary/aromatic N) is 1. The van der Waals surface area contributed by atoms with Crippen LogP contribution in [0.2, 0.25) is 0 Å². The molecule has 1 aromatic heterocycles. The summed E-state index contributed by atoms with van der Waals surface area (Å²) in [6, 6.07) is 6.47. The van der Waals surface area contributed by atoms with Crippen molar-refractivity contribution in [2.24, 2.45) is 0 Å². The first-order valence-electron chi connectivity index (χ1n) is 6.60. The predicted octanol–water partition coefficient (Wildman–Crippen LogP) is 2.97. The zero-order valence-corrected chi connectivity index (χ0v) is 11.7. The number of hydrogen-bond donors (Lipinski definition) is 2. The molecule has 0 aliphatic heterocycles. The van der Waals surface area contributed by atoms with Crippen LogP contribution in [-0.2, 0) is 6.54 Å². The Kier molecular flexibility index (Phi) is 4.58. The molecule has 1 atom stereocenters. The number of methoxy groups -OCH3 is 1. The van der Waals surface area contributed by atoms with E-state index < -0.39 is 0 Å². The second-order valence-electron chi connectivity index (χ2n) is 4.63. The van der Waals surface area contributed by atoms with Gasteiger partial charge in [0.15, 0.2) is 0 Å². The minimum absolute atomic E-state index is 0.236. The molecule has 0 fully saturated rings. The Morgan fingerprint density at radius 2 is 2.26 bits per heavy atom. The van der Waals surface area contributed by atoms with Crippen LogP contribution in [-0.4, -0.2) is 17.1 Å². The lowest BCUT2D eigenvalue weighted by atomic mass is 10.1. The maximum Gasteiger partial charge on any atom is 0.123 e. The third-order valence-electron chi connectivity index (χ3n) is 3.23. The first-order valence-corrected chi connectivity index (χ1v) is 6.60. The summed E-state index contributed by atoms with van der Waals surface area (Å²) < 4.78 is 5.39. The summed E-state index contributed by atoms with van der Waals surface area (Å²) in [5.41, 5.74) is 2.41. The molecular weight excluding hydrogens is 238 g/mol. The van der Waals surface area contributed by atoms with Crippen molar-refractivity contribution in [3.05, 3.63) is 47.5 Å². The van der Waals surface area contributed by atoms with Crippen molar-refractivity contribution in [1.29, 1.82) is 0 Å². The summed E-state index contributed by atoms with van der Waals surface area (Å²) in [6.45, 7) is 5.00. The van der Waals surface area contributed by atoms with Gasteiger partial charge in [0.2, 0.25) is 0 Å². The molecule has 2 N–H and O–H groups in total. The normalized spacial score (nSPS) is 12.4. The maximum atomic E-state index is 5.39. The monoisotopic (exact) mass is 259 g/mol. The number of imidazole rings is 1. The molecule has 0 bridgehead atoms. The molecule has 0 amide bonds. The number of hydrogen-bond acceptors (Lipinski definition) is 3. The van der Waals surface area contributed by atoms with Crippen molar-refractivity contribution in [2.45, 2.75) is 32.9 Å². The van der Waals surface area contributed by atoms with Gasteiger partial charge in [0.1, 0.15) is 11.6 Å². The van der Waals surface area contributed by atoms with Gasteiger partial charge in [-0.25, -0.2) is 4.98 Å². The molecular formula is C15H21N3O. The van der Waals surface area contributed by atoms with Crippen molar-refractivity contribution in [3.63, 3.8) is 0 Å². The summed E-state index contributed by atoms with van der Waals surface area (Å²) in [7, 11) is 1.71. The minimum Gasteiger partial charge on any atom is -0.496 e. The van der Waals surface area contributed by atoms with E-state index in [0.717, 1.165) is 24.5 Å². The molecule has 19 heavy (non-hydrogen) atoms. The summed E-state index contributed by atoms with van der Waals surface area (Å²) in [4.78, 5) is 7.47. The summed E-state index contributed by atoms with van der Waals surface area (Å²) in [6.07, 6.45) is 4.63. The Hall–Kier alpha value is -1.81. The molecule has 0 radical (unpaired) electrons. The Morgan fingerprint density at radius 3 is 2.89 bits per heavy atom. The van der Waals surface area contributed by atoms with E-state index in [1.54, 1.807) is 13.3 Å². The van der Waals surface area contributed by atoms with Crippen LogP contribution in [0, 0.1) is 6.92 Å². The van der Waals surface area contributed by atoms with Gasteiger partial charge < -0.3 is 15.0 Å². The fourth-order valence-electron chi connectivity index (χ4n) is 2.18. The molecule has 1 aromatic carbocycles. The van der Waals surface area contributed by atoms with Gasteiger partial charge in [-0.1, -0.05) is 24.6 Å². The van der Waals surface area contributed by atoms with E-state index in [4.69, 9.17) is 4.74 Å². The minimum atomic E-state index is 0.236. The number of H-pyrrole nitrogens is 1. The lowest BCUT2D eigenvalue weighted by Crippen LogP contribution is -2.21. The Morgan fingerprint density at radius 1 is 1.42 bits per heavy atom. The molecule has 0 spiro atoms. The van der Waals surface area contributed by atoms with Crippen LogP contribution in [0.15, 0.2) is 30.6 Å². The molecule has 2 rings (SSSR count). The van der Waals surface area contributed by atoms with Gasteiger partial charge in [0.25, 0.3) is 0 Å². The number of ether oxygens (including phenoxy) is 1. The highest BCUT2D eigenvalue weighted by Crippen LogP contribution is 2.21. The molecule has 102 valence electrons. The molecule has 2 aromatic rings. The van der Waals surface area contributed by atoms with E-state index in [9.17, 15) is 0 Å². The van der Waals surface area contributed by atoms with Crippen molar-refractivity contribution in [2.75, 3.05) is 7.11 Å². The van der Waals surface area contributed by atoms with Gasteiger partial charge in [-0.15, -0.1) is 0 Å². The quantitative estimate of drug-likeness (QED) is 0.838. The highest BCUT2D eigenvalue weighted by molar-refractivity contribution is 5.36. The molecule has 0 aliphatic carbocycles. The van der Waals surface area contributed by atoms with Crippen LogP contribution in [0.3, 0.4) is 0 Å². The first kappa shape index (κ1) is 13.6. The molecule has 4 heteroatoms. The average Bonchev–Trinajstić information content (AvgIpc) is 2.94. The number of nitrogens with one attached hydrogen (secondary N) is 2. The third-order valence-corrected chi connectivity index (χ3v) is 3.23. The molecule has 1 unspecified atom stereocenters. The predicted molar refractivity (Wildman–Crippen MR) is 76.2 cm³/mol. The fourth-order valence-corrected chi connectivity index (χ4v) is 2.18. The lowest BCUT2D eigenvalue weighted by Gasteiger charge is -2.16. The molecule has 0 saturated heterocycles. The van der Waals surface area contributed by atoms with Crippen LogP contribution >= 0.6 is 0 Å². The second kappa shape index (κ2) is 6.38. The highest BCUT2D eigenvalue weighted by atomic mass is 16.5. The number of aromatic amines is 1. The van der Waals surface area contributed by atoms with Crippen LogP contribution in [0.4, 0.5) is 0 Å². The van der Waals surface area contributed by atoms with Gasteiger partial charge in [-0.05, 0) is 19.4 Å². The topological polar surface area (TPSA) is 49.9 Å². The van der Waals surface area contributed by atoms with Gasteiger partial charge in [-0.3, -0.25) is 0 Å². The average molecular weight is 259 g/mol. The number of aryl methyl sites for hydroxylation is 1. The largest absolute Gasteiger partial charge is 0.496 e. The standard InChI is InChI=1S/C15H21N3O/c1-4-13(15-16-7-8-17-15)18-10-12-9-11(2)5-6-14(12)19-3/h5-9,13,18H,4,10H2,1-3H3,(H,16,17). The summed E-state index contributed by atoms with van der Waals surface area (Å²) in [5.74, 6) is 1.90. The van der Waals surface area contributed by atoms with Crippen molar-refractivity contribution < 1.29 is 4.74 Å². The van der Waals surface area contributed by atoms with Gasteiger partial charge >= 0.3 is 0 Å². The molecule has 4 nitrogen and oxygen atoms in total. The van der Waals surface area contributed by atoms with Crippen molar-refractivity contribution in [1.82, 2.24) is 15.3 Å². The number of aromatic nitrogens is 2. The fraction of sp³-hybridized carbons (Fsp3) is 0.400. The molecule has 0 saturated carbocycles. The zero-order chi connectivity index (χ0) is 13.7. The van der Waals surface area contributed by atoms with E-state index in [-0.39, 0.29) is 6.04 Å². The third kappa shape index (κ3) is 3.35. The first-order chi connectivity index (χ1) is 9.24. The van der Waals surface area contributed by atoms with E-state index in [2.05, 4.69) is 41.3 Å². The van der Waals surface area contributed by atoms with Crippen molar-refractivity contribution >= 4 is 0 Å². The number of rotatable bonds is 6. The second-order valence-corrected chi connectivity index (χ2v) is 4.63. The van der Waals surface area contributed by atoms with E-state index in [1.165, 1.54) is 11.1 Å². The summed E-state index contributed by atoms with van der Waals surface area (Å²) in [5, 5.41) is 3.52. The van der Waals surface area contributed by atoms with E-state index in [0.29, 0.717) is 0 Å². The SMILES string of the molecule is CCC(NCc1cc(C)ccc1OC)c1ncc[nH]1. The maximum absolute atomic E-state index is 5.39. The van der Waals surface area contributed by atoms with E-state index in [1.807, 2.05) is 12.3 Å². The van der Waals surface area contributed by atoms with Crippen LogP contribution in [0.25, 0.3) is 0 Å². The van der Waals surface area contributed by atoms with Crippen LogP contribution in [0.5, 0.6) is 5.75 Å². The number of benzene rings is 1. The molecule has 0 aliphatic rings. The Balaban J connectivity index is 2.07. The summed E-state index contributed by atoms with van der Waals surface area (Å²) >= 11 is 0. The Bertz CT molecular complexity index is 508. The van der Waals surface area contributed by atoms with Gasteiger partial charge in [0.05, 0.1) is 13.2 Å². The Labute approximate surface area is 114 Å².